The summed E-state index contributed by atoms with van der Waals surface area (Å²) < 4.78 is 11.5. The average Bonchev–Trinajstić information content (AvgIpc) is 3.23. The molecule has 1 fully saturated rings. The monoisotopic (exact) mass is 383 g/mol. The van der Waals surface area contributed by atoms with Gasteiger partial charge in [-0.05, 0) is 31.4 Å². The fourth-order valence-electron chi connectivity index (χ4n) is 3.48. The third-order valence-electron chi connectivity index (χ3n) is 4.92. The molecule has 0 bridgehead atoms. The zero-order valence-electron chi connectivity index (χ0n) is 15.6. The van der Waals surface area contributed by atoms with Crippen LogP contribution in [0.1, 0.15) is 41.1 Å². The molecule has 0 unspecified atom stereocenters. The van der Waals surface area contributed by atoms with Crippen molar-refractivity contribution in [2.75, 3.05) is 12.3 Å². The van der Waals surface area contributed by atoms with Gasteiger partial charge in [0.1, 0.15) is 18.2 Å². The summed E-state index contributed by atoms with van der Waals surface area (Å²) in [6, 6.07) is 7.21. The Labute approximate surface area is 160 Å². The highest BCUT2D eigenvalue weighted by atomic mass is 16.6. The van der Waals surface area contributed by atoms with E-state index in [-0.39, 0.29) is 42.2 Å². The molecule has 1 aliphatic rings. The molecule has 0 amide bonds. The zero-order valence-corrected chi connectivity index (χ0v) is 15.6. The maximum Gasteiger partial charge on any atom is 0.338 e. The van der Waals surface area contributed by atoms with Crippen molar-refractivity contribution in [1.29, 1.82) is 0 Å². The van der Waals surface area contributed by atoms with Gasteiger partial charge < -0.3 is 15.2 Å². The molecule has 4 N–H and O–H groups in total. The number of H-pyrrole nitrogens is 2. The van der Waals surface area contributed by atoms with Crippen LogP contribution in [-0.2, 0) is 9.47 Å². The number of nitrogens with zero attached hydrogens (tertiary/aromatic N) is 2. The van der Waals surface area contributed by atoms with Crippen LogP contribution < -0.4 is 11.3 Å². The van der Waals surface area contributed by atoms with Crippen molar-refractivity contribution in [2.24, 2.45) is 5.92 Å². The molecule has 146 valence electrons. The van der Waals surface area contributed by atoms with Crippen LogP contribution in [0.3, 0.4) is 0 Å². The number of aryl methyl sites for hydroxylation is 1. The van der Waals surface area contributed by atoms with Crippen LogP contribution in [-0.4, -0.2) is 38.8 Å². The SMILES string of the molecule is Cc1ccc(C(=O)OC[C@@H]2C[C@H](C)[C@H](c3[nH]nc4c(=O)[nH]c(N)nc34)O2)cc1. The van der Waals surface area contributed by atoms with E-state index in [2.05, 4.69) is 20.2 Å². The summed E-state index contributed by atoms with van der Waals surface area (Å²) in [7, 11) is 0. The molecule has 0 saturated carbocycles. The molecular weight excluding hydrogens is 362 g/mol. The number of aromatic nitrogens is 4. The number of hydrogen-bond donors (Lipinski definition) is 3. The van der Waals surface area contributed by atoms with Gasteiger partial charge in [-0.1, -0.05) is 24.6 Å². The van der Waals surface area contributed by atoms with E-state index in [1.165, 1.54) is 0 Å². The lowest BCUT2D eigenvalue weighted by Crippen LogP contribution is -2.18. The van der Waals surface area contributed by atoms with Gasteiger partial charge in [-0.3, -0.25) is 14.9 Å². The summed E-state index contributed by atoms with van der Waals surface area (Å²) in [5.41, 5.74) is 8.02. The molecule has 28 heavy (non-hydrogen) atoms. The number of nitrogens with one attached hydrogen (secondary N) is 2. The Hall–Kier alpha value is -3.20. The Balaban J connectivity index is 1.46. The van der Waals surface area contributed by atoms with Gasteiger partial charge in [0, 0.05) is 0 Å². The van der Waals surface area contributed by atoms with E-state index in [9.17, 15) is 9.59 Å². The molecule has 3 heterocycles. The third kappa shape index (κ3) is 3.36. The first-order valence-electron chi connectivity index (χ1n) is 9.05. The average molecular weight is 383 g/mol. The number of esters is 1. The number of aromatic amines is 2. The number of nitrogens with two attached hydrogens (primary N) is 1. The van der Waals surface area contributed by atoms with Crippen molar-refractivity contribution in [2.45, 2.75) is 32.5 Å². The quantitative estimate of drug-likeness (QED) is 0.585. The molecule has 1 saturated heterocycles. The largest absolute Gasteiger partial charge is 0.459 e. The summed E-state index contributed by atoms with van der Waals surface area (Å²) in [5.74, 6) is -0.240. The van der Waals surface area contributed by atoms with Gasteiger partial charge in [-0.25, -0.2) is 9.78 Å². The van der Waals surface area contributed by atoms with Crippen LogP contribution in [0.15, 0.2) is 29.1 Å². The third-order valence-corrected chi connectivity index (χ3v) is 4.92. The molecule has 0 aliphatic carbocycles. The van der Waals surface area contributed by atoms with Crippen LogP contribution >= 0.6 is 0 Å². The molecule has 0 spiro atoms. The zero-order chi connectivity index (χ0) is 19.8. The minimum atomic E-state index is -0.403. The fourth-order valence-corrected chi connectivity index (χ4v) is 3.48. The molecule has 4 rings (SSSR count). The molecule has 1 aromatic carbocycles. The van der Waals surface area contributed by atoms with E-state index in [0.717, 1.165) is 5.56 Å². The predicted octanol–water partition coefficient (Wildman–Crippen LogP) is 1.86. The van der Waals surface area contributed by atoms with Crippen LogP contribution in [0, 0.1) is 12.8 Å². The van der Waals surface area contributed by atoms with Crippen molar-refractivity contribution in [3.8, 4) is 0 Å². The second-order valence-corrected chi connectivity index (χ2v) is 7.14. The highest BCUT2D eigenvalue weighted by Gasteiger charge is 2.36. The predicted molar refractivity (Wildman–Crippen MR) is 102 cm³/mol. The number of fused-ring (bicyclic) bond motifs is 1. The van der Waals surface area contributed by atoms with Gasteiger partial charge >= 0.3 is 5.97 Å². The lowest BCUT2D eigenvalue weighted by atomic mass is 9.99. The Kier molecular flexibility index (Phi) is 4.60. The van der Waals surface area contributed by atoms with Crippen molar-refractivity contribution < 1.29 is 14.3 Å². The Morgan fingerprint density at radius 2 is 2.07 bits per heavy atom. The van der Waals surface area contributed by atoms with E-state index in [4.69, 9.17) is 15.2 Å². The number of benzene rings is 1. The number of rotatable bonds is 4. The second kappa shape index (κ2) is 7.08. The maximum absolute atomic E-state index is 12.2. The lowest BCUT2D eigenvalue weighted by molar-refractivity contribution is -0.0124. The van der Waals surface area contributed by atoms with E-state index < -0.39 is 5.56 Å². The van der Waals surface area contributed by atoms with Crippen molar-refractivity contribution in [1.82, 2.24) is 20.2 Å². The van der Waals surface area contributed by atoms with Crippen LogP contribution in [0.4, 0.5) is 5.95 Å². The number of carbonyl (C=O) groups excluding carboxylic acids is 1. The topological polar surface area (TPSA) is 136 Å². The Morgan fingerprint density at radius 1 is 1.32 bits per heavy atom. The Bertz CT molecular complexity index is 1070. The summed E-state index contributed by atoms with van der Waals surface area (Å²) in [6.45, 7) is 4.13. The van der Waals surface area contributed by atoms with E-state index >= 15 is 0 Å². The summed E-state index contributed by atoms with van der Waals surface area (Å²) in [4.78, 5) is 30.8. The highest BCUT2D eigenvalue weighted by molar-refractivity contribution is 5.89. The maximum atomic E-state index is 12.2. The molecule has 3 atom stereocenters. The number of hydrogen-bond acceptors (Lipinski definition) is 7. The number of carbonyl (C=O) groups is 1. The minimum absolute atomic E-state index is 0.0226. The van der Waals surface area contributed by atoms with Crippen LogP contribution in [0.25, 0.3) is 11.0 Å². The Morgan fingerprint density at radius 3 is 2.82 bits per heavy atom. The van der Waals surface area contributed by atoms with Gasteiger partial charge in [0.2, 0.25) is 5.95 Å². The minimum Gasteiger partial charge on any atom is -0.459 e. The van der Waals surface area contributed by atoms with Crippen molar-refractivity contribution in [3.05, 3.63) is 51.4 Å². The molecule has 1 aliphatic heterocycles. The molecule has 3 aromatic rings. The smallest absolute Gasteiger partial charge is 0.338 e. The normalized spacial score (nSPS) is 21.9. The lowest BCUT2D eigenvalue weighted by Gasteiger charge is -2.14. The standard InChI is InChI=1S/C19H21N5O4/c1-9-3-5-11(6-4-9)18(26)27-8-12-7-10(2)16(28-12)14-13-15(24-23-14)17(25)22-19(20)21-13/h3-6,10,12,16H,7-8H2,1-2H3,(H,23,24)(H3,20,21,22,25)/t10-,12-,16+/m0/s1. The molecule has 9 heteroatoms. The molecule has 0 radical (unpaired) electrons. The van der Waals surface area contributed by atoms with Crippen molar-refractivity contribution >= 4 is 23.0 Å². The molecular formula is C19H21N5O4. The summed E-state index contributed by atoms with van der Waals surface area (Å²) in [5, 5.41) is 6.88. The second-order valence-electron chi connectivity index (χ2n) is 7.14. The first-order chi connectivity index (χ1) is 13.4. The number of ether oxygens (including phenoxy) is 2. The van der Waals surface area contributed by atoms with Gasteiger partial charge in [0.25, 0.3) is 5.56 Å². The first-order valence-corrected chi connectivity index (χ1v) is 9.05. The van der Waals surface area contributed by atoms with Crippen LogP contribution in [0.5, 0.6) is 0 Å². The van der Waals surface area contributed by atoms with E-state index in [0.29, 0.717) is 23.2 Å². The number of anilines is 1. The van der Waals surface area contributed by atoms with Gasteiger partial charge in [-0.2, -0.15) is 5.10 Å². The highest BCUT2D eigenvalue weighted by Crippen LogP contribution is 2.39. The molecule has 2 aromatic heterocycles. The van der Waals surface area contributed by atoms with E-state index in [1.807, 2.05) is 26.0 Å². The van der Waals surface area contributed by atoms with Gasteiger partial charge in [-0.15, -0.1) is 0 Å². The van der Waals surface area contributed by atoms with E-state index in [1.54, 1.807) is 12.1 Å². The van der Waals surface area contributed by atoms with Crippen molar-refractivity contribution in [3.63, 3.8) is 0 Å². The van der Waals surface area contributed by atoms with Crippen LogP contribution in [0.2, 0.25) is 0 Å². The fraction of sp³-hybridized carbons (Fsp3) is 0.368. The van der Waals surface area contributed by atoms with Gasteiger partial charge in [0.15, 0.2) is 5.52 Å². The molecule has 9 nitrogen and oxygen atoms in total. The first kappa shape index (κ1) is 18.2. The van der Waals surface area contributed by atoms with Gasteiger partial charge in [0.05, 0.1) is 17.4 Å². The summed E-state index contributed by atoms with van der Waals surface area (Å²) >= 11 is 0. The summed E-state index contributed by atoms with van der Waals surface area (Å²) in [6.07, 6.45) is 0.0965. The number of nitrogen functional groups attached to an aromatic ring is 1.